The SMILES string of the molecule is CCC(=O)Nc1c(C)noc1/C=C/c1ccc(S(=O)(=O)Nc2ccccc2F)s1. The molecule has 0 bridgehead atoms. The Hall–Kier alpha value is -2.98. The first-order chi connectivity index (χ1) is 13.8. The zero-order chi connectivity index (χ0) is 21.0. The largest absolute Gasteiger partial charge is 0.354 e. The van der Waals surface area contributed by atoms with Gasteiger partial charge in [-0.15, -0.1) is 11.3 Å². The van der Waals surface area contributed by atoms with Gasteiger partial charge in [-0.1, -0.05) is 24.2 Å². The van der Waals surface area contributed by atoms with Crippen molar-refractivity contribution in [2.24, 2.45) is 0 Å². The fourth-order valence-corrected chi connectivity index (χ4v) is 4.64. The average Bonchev–Trinajstić information content (AvgIpc) is 3.30. The molecule has 152 valence electrons. The van der Waals surface area contributed by atoms with Crippen LogP contribution in [0.3, 0.4) is 0 Å². The first-order valence-corrected chi connectivity index (χ1v) is 10.9. The van der Waals surface area contributed by atoms with E-state index in [9.17, 15) is 17.6 Å². The summed E-state index contributed by atoms with van der Waals surface area (Å²) < 4.78 is 46.2. The van der Waals surface area contributed by atoms with Crippen LogP contribution >= 0.6 is 11.3 Å². The zero-order valence-corrected chi connectivity index (χ0v) is 17.2. The number of carbonyl (C=O) groups is 1. The molecule has 3 aromatic rings. The van der Waals surface area contributed by atoms with Crippen molar-refractivity contribution in [2.45, 2.75) is 24.5 Å². The van der Waals surface area contributed by atoms with Crippen molar-refractivity contribution in [2.75, 3.05) is 10.0 Å². The molecule has 1 aromatic carbocycles. The first-order valence-electron chi connectivity index (χ1n) is 8.61. The molecule has 0 saturated carbocycles. The molecule has 10 heteroatoms. The summed E-state index contributed by atoms with van der Waals surface area (Å²) in [6.07, 6.45) is 3.56. The van der Waals surface area contributed by atoms with Crippen LogP contribution in [0, 0.1) is 12.7 Å². The Bertz CT molecular complexity index is 1170. The Morgan fingerprint density at radius 1 is 1.24 bits per heavy atom. The predicted octanol–water partition coefficient (Wildman–Crippen LogP) is 4.50. The monoisotopic (exact) mass is 435 g/mol. The predicted molar refractivity (Wildman–Crippen MR) is 111 cm³/mol. The van der Waals surface area contributed by atoms with Gasteiger partial charge in [0.15, 0.2) is 5.76 Å². The van der Waals surface area contributed by atoms with Crippen molar-refractivity contribution in [3.05, 3.63) is 58.5 Å². The lowest BCUT2D eigenvalue weighted by Crippen LogP contribution is -2.12. The molecule has 2 N–H and O–H groups in total. The van der Waals surface area contributed by atoms with Gasteiger partial charge in [0, 0.05) is 11.3 Å². The van der Waals surface area contributed by atoms with E-state index in [1.54, 1.807) is 32.1 Å². The number of halogens is 1. The molecule has 0 aliphatic rings. The van der Waals surface area contributed by atoms with E-state index in [0.29, 0.717) is 28.4 Å². The fraction of sp³-hybridized carbons (Fsp3) is 0.158. The highest BCUT2D eigenvalue weighted by Crippen LogP contribution is 2.28. The summed E-state index contributed by atoms with van der Waals surface area (Å²) in [5, 5.41) is 6.56. The van der Waals surface area contributed by atoms with Gasteiger partial charge in [0.25, 0.3) is 10.0 Å². The molecule has 1 amide bonds. The molecule has 0 aliphatic carbocycles. The summed E-state index contributed by atoms with van der Waals surface area (Å²) in [5.41, 5.74) is 0.889. The van der Waals surface area contributed by atoms with Crippen molar-refractivity contribution in [3.8, 4) is 0 Å². The quantitative estimate of drug-likeness (QED) is 0.569. The maximum absolute atomic E-state index is 13.7. The Morgan fingerprint density at radius 2 is 2.00 bits per heavy atom. The van der Waals surface area contributed by atoms with Crippen molar-refractivity contribution in [3.63, 3.8) is 0 Å². The van der Waals surface area contributed by atoms with Gasteiger partial charge >= 0.3 is 0 Å². The van der Waals surface area contributed by atoms with Gasteiger partial charge in [0.1, 0.15) is 21.4 Å². The van der Waals surface area contributed by atoms with Gasteiger partial charge in [-0.3, -0.25) is 9.52 Å². The highest BCUT2D eigenvalue weighted by molar-refractivity contribution is 7.94. The number of amides is 1. The number of rotatable bonds is 7. The number of carbonyl (C=O) groups excluding carboxylic acids is 1. The molecule has 0 spiro atoms. The van der Waals surface area contributed by atoms with Gasteiger partial charge in [0.05, 0.1) is 5.69 Å². The molecule has 29 heavy (non-hydrogen) atoms. The second-order valence-corrected chi connectivity index (χ2v) is 9.01. The zero-order valence-electron chi connectivity index (χ0n) is 15.6. The second-order valence-electron chi connectivity index (χ2n) is 5.98. The molecule has 0 fully saturated rings. The van der Waals surface area contributed by atoms with E-state index in [1.165, 1.54) is 30.3 Å². The van der Waals surface area contributed by atoms with Crippen LogP contribution in [-0.4, -0.2) is 19.5 Å². The molecule has 3 rings (SSSR count). The van der Waals surface area contributed by atoms with E-state index < -0.39 is 15.8 Å². The van der Waals surface area contributed by atoms with Crippen molar-refractivity contribution in [1.82, 2.24) is 5.16 Å². The van der Waals surface area contributed by atoms with Gasteiger partial charge in [-0.25, -0.2) is 12.8 Å². The third-order valence-corrected chi connectivity index (χ3v) is 6.77. The average molecular weight is 436 g/mol. The highest BCUT2D eigenvalue weighted by Gasteiger charge is 2.18. The number of anilines is 2. The second kappa shape index (κ2) is 8.58. The molecule has 7 nitrogen and oxygen atoms in total. The maximum atomic E-state index is 13.7. The Kier molecular flexibility index (Phi) is 6.14. The minimum atomic E-state index is -3.92. The van der Waals surface area contributed by atoms with Crippen LogP contribution in [0.4, 0.5) is 15.8 Å². The fourth-order valence-electron chi connectivity index (χ4n) is 2.35. The summed E-state index contributed by atoms with van der Waals surface area (Å²) >= 11 is 1.01. The van der Waals surface area contributed by atoms with E-state index in [-0.39, 0.29) is 15.8 Å². The minimum Gasteiger partial charge on any atom is -0.354 e. The van der Waals surface area contributed by atoms with E-state index in [1.807, 2.05) is 0 Å². The topological polar surface area (TPSA) is 101 Å². The van der Waals surface area contributed by atoms with Gasteiger partial charge in [-0.2, -0.15) is 0 Å². The lowest BCUT2D eigenvalue weighted by Gasteiger charge is -2.06. The Labute approximate surface area is 171 Å². The lowest BCUT2D eigenvalue weighted by molar-refractivity contribution is -0.115. The summed E-state index contributed by atoms with van der Waals surface area (Å²) in [5.74, 6) is -0.476. The van der Waals surface area contributed by atoms with Crippen LogP contribution in [0.2, 0.25) is 0 Å². The standard InChI is InChI=1S/C19H18FN3O4S2/c1-3-17(24)21-19-12(2)22-27-16(19)10-8-13-9-11-18(28-13)29(25,26)23-15-7-5-4-6-14(15)20/h4-11,23H,3H2,1-2H3,(H,21,24)/b10-8+. The van der Waals surface area contributed by atoms with Crippen LogP contribution in [0.25, 0.3) is 12.2 Å². The molecule has 0 aliphatic heterocycles. The lowest BCUT2D eigenvalue weighted by atomic mass is 10.2. The van der Waals surface area contributed by atoms with Crippen LogP contribution in [0.15, 0.2) is 45.1 Å². The molecule has 0 unspecified atom stereocenters. The number of sulfonamides is 1. The van der Waals surface area contributed by atoms with Crippen molar-refractivity contribution in [1.29, 1.82) is 0 Å². The van der Waals surface area contributed by atoms with Gasteiger partial charge in [-0.05, 0) is 43.3 Å². The van der Waals surface area contributed by atoms with Crippen LogP contribution in [-0.2, 0) is 14.8 Å². The number of para-hydroxylation sites is 1. The Balaban J connectivity index is 1.79. The summed E-state index contributed by atoms with van der Waals surface area (Å²) in [4.78, 5) is 12.3. The molecule has 0 saturated heterocycles. The number of hydrogen-bond donors (Lipinski definition) is 2. The number of nitrogens with one attached hydrogen (secondary N) is 2. The molecule has 2 heterocycles. The molecule has 2 aromatic heterocycles. The van der Waals surface area contributed by atoms with E-state index in [4.69, 9.17) is 4.52 Å². The first kappa shape index (κ1) is 20.7. The van der Waals surface area contributed by atoms with Crippen LogP contribution in [0.1, 0.15) is 29.7 Å². The van der Waals surface area contributed by atoms with Gasteiger partial charge in [0.2, 0.25) is 5.91 Å². The summed E-state index contributed by atoms with van der Waals surface area (Å²) in [6, 6.07) is 8.58. The smallest absolute Gasteiger partial charge is 0.271 e. The molecule has 0 atom stereocenters. The van der Waals surface area contributed by atoms with Crippen molar-refractivity contribution >= 4 is 50.8 Å². The van der Waals surface area contributed by atoms with Crippen LogP contribution < -0.4 is 10.0 Å². The normalized spacial score (nSPS) is 11.7. The summed E-state index contributed by atoms with van der Waals surface area (Å²) in [6.45, 7) is 3.44. The molecular formula is C19H18FN3O4S2. The molecule has 0 radical (unpaired) electrons. The van der Waals surface area contributed by atoms with Crippen LogP contribution in [0.5, 0.6) is 0 Å². The van der Waals surface area contributed by atoms with E-state index >= 15 is 0 Å². The Morgan fingerprint density at radius 3 is 2.72 bits per heavy atom. The van der Waals surface area contributed by atoms with E-state index in [2.05, 4.69) is 15.2 Å². The number of nitrogens with zero attached hydrogens (tertiary/aromatic N) is 1. The summed E-state index contributed by atoms with van der Waals surface area (Å²) in [7, 11) is -3.92. The van der Waals surface area contributed by atoms with E-state index in [0.717, 1.165) is 11.3 Å². The maximum Gasteiger partial charge on any atom is 0.271 e. The third-order valence-electron chi connectivity index (χ3n) is 3.86. The number of aryl methyl sites for hydroxylation is 1. The number of aromatic nitrogens is 1. The van der Waals surface area contributed by atoms with Crippen molar-refractivity contribution < 1.29 is 22.1 Å². The van der Waals surface area contributed by atoms with Gasteiger partial charge < -0.3 is 9.84 Å². The number of benzene rings is 1. The number of hydrogen-bond acceptors (Lipinski definition) is 6. The molecular weight excluding hydrogens is 417 g/mol. The third kappa shape index (κ3) is 4.90. The highest BCUT2D eigenvalue weighted by atomic mass is 32.2. The minimum absolute atomic E-state index is 0.0358. The number of thiophene rings is 1.